The predicted octanol–water partition coefficient (Wildman–Crippen LogP) is 4.50. The van der Waals surface area contributed by atoms with Crippen molar-refractivity contribution in [1.29, 1.82) is 0 Å². The van der Waals surface area contributed by atoms with Crippen molar-refractivity contribution in [3.8, 4) is 0 Å². The molecule has 0 fully saturated rings. The van der Waals surface area contributed by atoms with Gasteiger partial charge in [-0.2, -0.15) is 0 Å². The van der Waals surface area contributed by atoms with Crippen LogP contribution in [0.2, 0.25) is 13.1 Å². The van der Waals surface area contributed by atoms with Crippen LogP contribution in [0.1, 0.15) is 52.9 Å². The second kappa shape index (κ2) is 5.90. The summed E-state index contributed by atoms with van der Waals surface area (Å²) in [4.78, 5) is 0. The molecule has 0 aliphatic heterocycles. The number of hydrogen-bond donors (Lipinski definition) is 0. The molecule has 0 aromatic heterocycles. The number of rotatable bonds is 2. The Labute approximate surface area is 103 Å². The van der Waals surface area contributed by atoms with Gasteiger partial charge in [-0.05, 0) is 43.3 Å². The minimum absolute atomic E-state index is 0.379. The van der Waals surface area contributed by atoms with Crippen LogP contribution in [0.3, 0.4) is 0 Å². The zero-order valence-electron chi connectivity index (χ0n) is 11.7. The van der Waals surface area contributed by atoms with Gasteiger partial charge in [0.25, 0.3) is 0 Å². The second-order valence-corrected chi connectivity index (χ2v) is 8.70. The van der Waals surface area contributed by atoms with Gasteiger partial charge in [-0.25, -0.2) is 0 Å². The van der Waals surface area contributed by atoms with Gasteiger partial charge in [-0.3, -0.25) is 0 Å². The molecule has 0 radical (unpaired) electrons. The quantitative estimate of drug-likeness (QED) is 0.646. The monoisotopic (exact) mass is 240 g/mol. The maximum atomic E-state index is 6.05. The molecule has 0 amide bonds. The molecule has 0 bridgehead atoms. The van der Waals surface area contributed by atoms with Crippen molar-refractivity contribution in [3.63, 3.8) is 0 Å². The fourth-order valence-corrected chi connectivity index (χ4v) is 3.12. The normalized spacial score (nSPS) is 26.9. The molecule has 0 saturated carbocycles. The Morgan fingerprint density at radius 1 is 1.19 bits per heavy atom. The van der Waals surface area contributed by atoms with Crippen LogP contribution in [-0.4, -0.2) is 9.04 Å². The van der Waals surface area contributed by atoms with Crippen LogP contribution in [0.25, 0.3) is 0 Å². The lowest BCUT2D eigenvalue weighted by atomic mass is 9.76. The van der Waals surface area contributed by atoms with Crippen LogP contribution < -0.4 is 0 Å². The molecular weight excluding hydrogens is 212 g/mol. The first-order valence-corrected chi connectivity index (χ1v) is 9.55. The van der Waals surface area contributed by atoms with Crippen molar-refractivity contribution in [2.45, 2.75) is 66.0 Å². The Morgan fingerprint density at radius 3 is 2.44 bits per heavy atom. The van der Waals surface area contributed by atoms with Gasteiger partial charge in [0.15, 0.2) is 0 Å². The minimum Gasteiger partial charge on any atom is -0.550 e. The zero-order valence-corrected chi connectivity index (χ0v) is 12.8. The van der Waals surface area contributed by atoms with E-state index in [1.807, 2.05) is 0 Å². The van der Waals surface area contributed by atoms with Gasteiger partial charge in [0.1, 0.15) is 0 Å². The lowest BCUT2D eigenvalue weighted by molar-refractivity contribution is 0.255. The van der Waals surface area contributed by atoms with Crippen molar-refractivity contribution >= 4 is 9.04 Å². The van der Waals surface area contributed by atoms with Crippen LogP contribution in [0, 0.1) is 11.3 Å². The van der Waals surface area contributed by atoms with Crippen molar-refractivity contribution < 1.29 is 4.43 Å². The lowest BCUT2D eigenvalue weighted by Crippen LogP contribution is -2.21. The van der Waals surface area contributed by atoms with E-state index in [4.69, 9.17) is 4.43 Å². The molecule has 1 aliphatic carbocycles. The van der Waals surface area contributed by atoms with Crippen LogP contribution in [0.15, 0.2) is 11.8 Å². The zero-order chi connectivity index (χ0) is 12.2. The van der Waals surface area contributed by atoms with E-state index in [1.54, 1.807) is 0 Å². The third-order valence-corrected chi connectivity index (χ3v) is 4.10. The van der Waals surface area contributed by atoms with Crippen molar-refractivity contribution in [3.05, 3.63) is 11.8 Å². The second-order valence-electron chi connectivity index (χ2n) is 6.37. The summed E-state index contributed by atoms with van der Waals surface area (Å²) in [6.07, 6.45) is 8.99. The Balaban J connectivity index is 2.76. The smallest absolute Gasteiger partial charge is 0.229 e. The highest BCUT2D eigenvalue weighted by molar-refractivity contribution is 6.48. The lowest BCUT2D eigenvalue weighted by Gasteiger charge is -2.31. The summed E-state index contributed by atoms with van der Waals surface area (Å²) >= 11 is 0. The first-order valence-electron chi connectivity index (χ1n) is 6.77. The minimum atomic E-state index is -0.928. The third-order valence-electron chi connectivity index (χ3n) is 3.32. The highest BCUT2D eigenvalue weighted by atomic mass is 28.3. The molecule has 16 heavy (non-hydrogen) atoms. The highest BCUT2D eigenvalue weighted by Gasteiger charge is 2.24. The van der Waals surface area contributed by atoms with Crippen LogP contribution >= 0.6 is 0 Å². The summed E-state index contributed by atoms with van der Waals surface area (Å²) in [5.41, 5.74) is 0.379. The maximum absolute atomic E-state index is 6.05. The summed E-state index contributed by atoms with van der Waals surface area (Å²) in [6.45, 7) is 11.6. The highest BCUT2D eigenvalue weighted by Crippen LogP contribution is 2.34. The van der Waals surface area contributed by atoms with Crippen molar-refractivity contribution in [2.75, 3.05) is 0 Å². The molecule has 0 heterocycles. The van der Waals surface area contributed by atoms with Gasteiger partial charge in [0, 0.05) is 6.42 Å². The summed E-state index contributed by atoms with van der Waals surface area (Å²) < 4.78 is 6.05. The fraction of sp³-hybridized carbons (Fsp3) is 0.857. The van der Waals surface area contributed by atoms with E-state index in [1.165, 1.54) is 31.4 Å². The molecule has 0 N–H and O–H groups in total. The maximum Gasteiger partial charge on any atom is 0.229 e. The Morgan fingerprint density at radius 2 is 1.88 bits per heavy atom. The molecule has 0 aromatic rings. The molecule has 1 nitrogen and oxygen atoms in total. The van der Waals surface area contributed by atoms with Crippen LogP contribution in [0.5, 0.6) is 0 Å². The van der Waals surface area contributed by atoms with Gasteiger partial charge in [-0.1, -0.05) is 33.6 Å². The largest absolute Gasteiger partial charge is 0.550 e. The Bertz CT molecular complexity index is 238. The van der Waals surface area contributed by atoms with Gasteiger partial charge in [0.2, 0.25) is 9.04 Å². The third kappa shape index (κ3) is 4.73. The van der Waals surface area contributed by atoms with E-state index < -0.39 is 9.04 Å². The van der Waals surface area contributed by atoms with E-state index in [2.05, 4.69) is 39.9 Å². The SMILES string of the molecule is C[SiH](C)O/C1=C/C(C(C)(C)C)CCCCC1. The molecule has 2 heteroatoms. The summed E-state index contributed by atoms with van der Waals surface area (Å²) in [7, 11) is -0.928. The average molecular weight is 240 g/mol. The van der Waals surface area contributed by atoms with Gasteiger partial charge in [0.05, 0.1) is 5.76 Å². The Hall–Kier alpha value is -0.243. The first kappa shape index (κ1) is 13.8. The van der Waals surface area contributed by atoms with Crippen LogP contribution in [-0.2, 0) is 4.43 Å². The molecule has 1 atom stereocenters. The predicted molar refractivity (Wildman–Crippen MR) is 74.1 cm³/mol. The van der Waals surface area contributed by atoms with Crippen molar-refractivity contribution in [1.82, 2.24) is 0 Å². The Kier molecular flexibility index (Phi) is 5.10. The van der Waals surface area contributed by atoms with E-state index in [-0.39, 0.29) is 0 Å². The molecule has 1 aliphatic rings. The number of hydrogen-bond acceptors (Lipinski definition) is 1. The molecule has 94 valence electrons. The van der Waals surface area contributed by atoms with E-state index in [0.29, 0.717) is 11.3 Å². The topological polar surface area (TPSA) is 9.23 Å². The summed E-state index contributed by atoms with van der Waals surface area (Å²) in [6, 6.07) is 0. The molecule has 1 rings (SSSR count). The van der Waals surface area contributed by atoms with E-state index >= 15 is 0 Å². The van der Waals surface area contributed by atoms with Gasteiger partial charge < -0.3 is 4.43 Å². The molecule has 0 aromatic carbocycles. The standard InChI is InChI=1S/C14H28OSi/c1-14(2,3)12-9-7-6-8-10-13(11-12)15-16(4)5/h11-12,16H,6-10H2,1-5H3/b13-11+. The molecule has 0 saturated heterocycles. The van der Waals surface area contributed by atoms with E-state index in [0.717, 1.165) is 6.42 Å². The molecule has 0 spiro atoms. The fourth-order valence-electron chi connectivity index (χ4n) is 2.32. The summed E-state index contributed by atoms with van der Waals surface area (Å²) in [5.74, 6) is 1.98. The van der Waals surface area contributed by atoms with E-state index in [9.17, 15) is 0 Å². The van der Waals surface area contributed by atoms with Crippen LogP contribution in [0.4, 0.5) is 0 Å². The molecule has 1 unspecified atom stereocenters. The van der Waals surface area contributed by atoms with Crippen molar-refractivity contribution in [2.24, 2.45) is 11.3 Å². The van der Waals surface area contributed by atoms with Gasteiger partial charge >= 0.3 is 0 Å². The summed E-state index contributed by atoms with van der Waals surface area (Å²) in [5, 5.41) is 0. The first-order chi connectivity index (χ1) is 7.39. The number of allylic oxidation sites excluding steroid dienone is 2. The average Bonchev–Trinajstić information content (AvgIpc) is 2.06. The molecular formula is C14H28OSi. The van der Waals surface area contributed by atoms with Gasteiger partial charge in [-0.15, -0.1) is 0 Å².